The number of urea groups is 1. The summed E-state index contributed by atoms with van der Waals surface area (Å²) in [5.41, 5.74) is -1.28. The van der Waals surface area contributed by atoms with Crippen LogP contribution in [0, 0.1) is 0 Å². The average molecular weight is 244 g/mol. The van der Waals surface area contributed by atoms with E-state index in [4.69, 9.17) is 9.84 Å². The van der Waals surface area contributed by atoms with Gasteiger partial charge in [0.2, 0.25) is 0 Å². The highest BCUT2D eigenvalue weighted by atomic mass is 16.5. The molecule has 0 saturated carbocycles. The van der Waals surface area contributed by atoms with Crippen LogP contribution >= 0.6 is 0 Å². The van der Waals surface area contributed by atoms with Gasteiger partial charge in [0, 0.05) is 6.61 Å². The molecule has 0 aromatic rings. The van der Waals surface area contributed by atoms with E-state index >= 15 is 0 Å². The van der Waals surface area contributed by atoms with Crippen LogP contribution in [-0.2, 0) is 9.53 Å². The smallest absolute Gasteiger partial charge is 0.328 e. The molecule has 2 amide bonds. The maximum atomic E-state index is 11.6. The van der Waals surface area contributed by atoms with Gasteiger partial charge in [0.1, 0.15) is 5.54 Å². The Hall–Kier alpha value is -1.30. The molecule has 1 heterocycles. The standard InChI is InChI=1S/C11H20N2O4/c1-7(8-5-4-6-17-8)12-10(16)13-11(2,3)9(14)15/h7-8H,4-6H2,1-3H3,(H,14,15)(H2,12,13,16). The number of hydrogen-bond acceptors (Lipinski definition) is 3. The molecule has 0 aromatic carbocycles. The Morgan fingerprint density at radius 1 is 1.47 bits per heavy atom. The van der Waals surface area contributed by atoms with Crippen molar-refractivity contribution in [3.63, 3.8) is 0 Å². The van der Waals surface area contributed by atoms with E-state index in [-0.39, 0.29) is 12.1 Å². The summed E-state index contributed by atoms with van der Waals surface area (Å²) >= 11 is 0. The van der Waals surface area contributed by atoms with Gasteiger partial charge in [-0.3, -0.25) is 0 Å². The van der Waals surface area contributed by atoms with Gasteiger partial charge in [0.25, 0.3) is 0 Å². The first-order valence-corrected chi connectivity index (χ1v) is 5.76. The van der Waals surface area contributed by atoms with Gasteiger partial charge in [-0.25, -0.2) is 9.59 Å². The molecule has 0 radical (unpaired) electrons. The number of aliphatic carboxylic acids is 1. The predicted octanol–water partition coefficient (Wildman–Crippen LogP) is 0.716. The van der Waals surface area contributed by atoms with Gasteiger partial charge in [0.15, 0.2) is 0 Å². The fourth-order valence-electron chi connectivity index (χ4n) is 1.67. The number of carbonyl (C=O) groups excluding carboxylic acids is 1. The fraction of sp³-hybridized carbons (Fsp3) is 0.818. The van der Waals surface area contributed by atoms with Gasteiger partial charge in [0.05, 0.1) is 12.1 Å². The minimum absolute atomic E-state index is 0.0219. The number of nitrogens with one attached hydrogen (secondary N) is 2. The van der Waals surface area contributed by atoms with Gasteiger partial charge in [-0.05, 0) is 33.6 Å². The lowest BCUT2D eigenvalue weighted by Crippen LogP contribution is -2.55. The van der Waals surface area contributed by atoms with Crippen LogP contribution in [0.15, 0.2) is 0 Å². The van der Waals surface area contributed by atoms with Gasteiger partial charge in [-0.15, -0.1) is 0 Å². The third-order valence-electron chi connectivity index (χ3n) is 2.84. The van der Waals surface area contributed by atoms with Gasteiger partial charge >= 0.3 is 12.0 Å². The molecule has 3 N–H and O–H groups in total. The van der Waals surface area contributed by atoms with Crippen molar-refractivity contribution in [2.75, 3.05) is 6.61 Å². The van der Waals surface area contributed by atoms with Crippen molar-refractivity contribution in [3.05, 3.63) is 0 Å². The molecule has 0 bridgehead atoms. The van der Waals surface area contributed by atoms with Crippen LogP contribution in [0.1, 0.15) is 33.6 Å². The van der Waals surface area contributed by atoms with Crippen LogP contribution in [0.2, 0.25) is 0 Å². The number of hydrogen-bond donors (Lipinski definition) is 3. The summed E-state index contributed by atoms with van der Waals surface area (Å²) in [5.74, 6) is -1.07. The van der Waals surface area contributed by atoms with Crippen molar-refractivity contribution in [1.82, 2.24) is 10.6 Å². The molecule has 1 fully saturated rings. The second kappa shape index (κ2) is 5.35. The molecule has 0 aliphatic carbocycles. The Labute approximate surface area is 101 Å². The Kier molecular flexibility index (Phi) is 4.34. The van der Waals surface area contributed by atoms with Crippen molar-refractivity contribution >= 4 is 12.0 Å². The summed E-state index contributed by atoms with van der Waals surface area (Å²) in [6, 6.07) is -0.609. The number of ether oxygens (including phenoxy) is 1. The number of rotatable bonds is 4. The Balaban J connectivity index is 2.41. The lowest BCUT2D eigenvalue weighted by Gasteiger charge is -2.25. The lowest BCUT2D eigenvalue weighted by molar-refractivity contribution is -0.142. The topological polar surface area (TPSA) is 87.7 Å². The number of amides is 2. The Bertz CT molecular complexity index is 298. The highest BCUT2D eigenvalue weighted by molar-refractivity contribution is 5.85. The number of carboxylic acid groups (broad SMARTS) is 1. The first-order valence-electron chi connectivity index (χ1n) is 5.76. The molecular weight excluding hydrogens is 224 g/mol. The van der Waals surface area contributed by atoms with Crippen LogP contribution in [0.25, 0.3) is 0 Å². The molecule has 6 heteroatoms. The van der Waals surface area contributed by atoms with E-state index in [1.54, 1.807) is 0 Å². The molecule has 0 spiro atoms. The van der Waals surface area contributed by atoms with Gasteiger partial charge in [-0.1, -0.05) is 0 Å². The van der Waals surface area contributed by atoms with Crippen LogP contribution in [0.5, 0.6) is 0 Å². The molecule has 2 unspecified atom stereocenters. The zero-order valence-electron chi connectivity index (χ0n) is 10.4. The summed E-state index contributed by atoms with van der Waals surface area (Å²) in [6.45, 7) is 5.44. The summed E-state index contributed by atoms with van der Waals surface area (Å²) in [7, 11) is 0. The molecule has 98 valence electrons. The molecule has 1 aliphatic rings. The van der Waals surface area contributed by atoms with Crippen LogP contribution in [0.4, 0.5) is 4.79 Å². The van der Waals surface area contributed by atoms with Gasteiger partial charge in [-0.2, -0.15) is 0 Å². The van der Waals surface area contributed by atoms with E-state index in [9.17, 15) is 9.59 Å². The zero-order valence-corrected chi connectivity index (χ0v) is 10.4. The average Bonchev–Trinajstić information content (AvgIpc) is 2.68. The molecule has 17 heavy (non-hydrogen) atoms. The van der Waals surface area contributed by atoms with E-state index in [1.165, 1.54) is 13.8 Å². The Morgan fingerprint density at radius 3 is 2.59 bits per heavy atom. The van der Waals surface area contributed by atoms with Crippen molar-refractivity contribution in [2.24, 2.45) is 0 Å². The third kappa shape index (κ3) is 3.89. The summed E-state index contributed by atoms with van der Waals surface area (Å²) in [6.07, 6.45) is 1.94. The second-order valence-corrected chi connectivity index (χ2v) is 4.87. The SMILES string of the molecule is CC(NC(=O)NC(C)(C)C(=O)O)C1CCCO1. The summed E-state index contributed by atoms with van der Waals surface area (Å²) in [4.78, 5) is 22.4. The van der Waals surface area contributed by atoms with E-state index in [0.717, 1.165) is 19.4 Å². The first kappa shape index (κ1) is 13.8. The molecule has 1 rings (SSSR count). The molecule has 2 atom stereocenters. The van der Waals surface area contributed by atoms with Crippen molar-refractivity contribution in [1.29, 1.82) is 0 Å². The molecule has 6 nitrogen and oxygen atoms in total. The molecule has 0 aromatic heterocycles. The van der Waals surface area contributed by atoms with Crippen molar-refractivity contribution in [2.45, 2.75) is 51.3 Å². The van der Waals surface area contributed by atoms with Crippen molar-refractivity contribution < 1.29 is 19.4 Å². The third-order valence-corrected chi connectivity index (χ3v) is 2.84. The van der Waals surface area contributed by atoms with Crippen molar-refractivity contribution in [3.8, 4) is 0 Å². The number of carbonyl (C=O) groups is 2. The fourth-order valence-corrected chi connectivity index (χ4v) is 1.67. The van der Waals surface area contributed by atoms with E-state index in [2.05, 4.69) is 10.6 Å². The van der Waals surface area contributed by atoms with Crippen LogP contribution in [0.3, 0.4) is 0 Å². The van der Waals surface area contributed by atoms with E-state index < -0.39 is 17.5 Å². The molecule has 1 aliphatic heterocycles. The normalized spacial score (nSPS) is 21.9. The zero-order chi connectivity index (χ0) is 13.1. The summed E-state index contributed by atoms with van der Waals surface area (Å²) < 4.78 is 5.43. The molecular formula is C11H20N2O4. The highest BCUT2D eigenvalue weighted by Crippen LogP contribution is 2.15. The maximum absolute atomic E-state index is 11.6. The van der Waals surface area contributed by atoms with E-state index in [0.29, 0.717) is 0 Å². The second-order valence-electron chi connectivity index (χ2n) is 4.87. The lowest BCUT2D eigenvalue weighted by atomic mass is 10.1. The highest BCUT2D eigenvalue weighted by Gasteiger charge is 2.30. The minimum atomic E-state index is -1.28. The van der Waals surface area contributed by atoms with E-state index in [1.807, 2.05) is 6.92 Å². The quantitative estimate of drug-likeness (QED) is 0.680. The minimum Gasteiger partial charge on any atom is -0.480 e. The maximum Gasteiger partial charge on any atom is 0.328 e. The monoisotopic (exact) mass is 244 g/mol. The first-order chi connectivity index (χ1) is 7.83. The summed E-state index contributed by atoms with van der Waals surface area (Å²) in [5, 5.41) is 14.0. The predicted molar refractivity (Wildman–Crippen MR) is 61.8 cm³/mol. The van der Waals surface area contributed by atoms with Gasteiger partial charge < -0.3 is 20.5 Å². The van der Waals surface area contributed by atoms with Crippen LogP contribution < -0.4 is 10.6 Å². The van der Waals surface area contributed by atoms with Crippen LogP contribution in [-0.4, -0.2) is 41.4 Å². The molecule has 1 saturated heterocycles. The largest absolute Gasteiger partial charge is 0.480 e. The number of carboxylic acids is 1. The Morgan fingerprint density at radius 2 is 2.12 bits per heavy atom.